The van der Waals surface area contributed by atoms with Crippen molar-refractivity contribution in [3.05, 3.63) is 41.9 Å². The number of amides is 1. The average Bonchev–Trinajstić information content (AvgIpc) is 2.87. The van der Waals surface area contributed by atoms with E-state index in [1.807, 2.05) is 0 Å². The van der Waals surface area contributed by atoms with E-state index in [1.165, 1.54) is 4.68 Å². The molecule has 1 atom stereocenters. The molecule has 1 unspecified atom stereocenters. The molecule has 2 heterocycles. The Balaban J connectivity index is 2.43. The predicted octanol–water partition coefficient (Wildman–Crippen LogP) is 0.680. The first kappa shape index (κ1) is 12.3. The van der Waals surface area contributed by atoms with Crippen molar-refractivity contribution in [2.24, 2.45) is 0 Å². The van der Waals surface area contributed by atoms with E-state index in [1.54, 1.807) is 44.6 Å². The second-order valence-corrected chi connectivity index (χ2v) is 3.82. The van der Waals surface area contributed by atoms with E-state index in [2.05, 4.69) is 15.4 Å². The summed E-state index contributed by atoms with van der Waals surface area (Å²) < 4.78 is 1.48. The van der Waals surface area contributed by atoms with Gasteiger partial charge in [0.05, 0.1) is 6.10 Å². The SMILES string of the molecule is CNC(=O)c1ccn(-c2ncccc2C(C)O)n1. The molecule has 18 heavy (non-hydrogen) atoms. The quantitative estimate of drug-likeness (QED) is 0.834. The fraction of sp³-hybridized carbons (Fsp3) is 0.250. The van der Waals surface area contributed by atoms with Gasteiger partial charge in [-0.1, -0.05) is 6.07 Å². The van der Waals surface area contributed by atoms with E-state index in [0.29, 0.717) is 17.1 Å². The lowest BCUT2D eigenvalue weighted by Crippen LogP contribution is -2.18. The molecule has 1 amide bonds. The minimum Gasteiger partial charge on any atom is -0.389 e. The van der Waals surface area contributed by atoms with Crippen LogP contribution >= 0.6 is 0 Å². The maximum absolute atomic E-state index is 11.4. The topological polar surface area (TPSA) is 80.0 Å². The highest BCUT2D eigenvalue weighted by Crippen LogP contribution is 2.18. The number of rotatable bonds is 3. The molecule has 0 radical (unpaired) electrons. The number of nitrogens with zero attached hydrogens (tertiary/aromatic N) is 3. The second kappa shape index (κ2) is 4.97. The number of pyridine rings is 1. The molecule has 0 spiro atoms. The molecular weight excluding hydrogens is 232 g/mol. The number of aliphatic hydroxyl groups is 1. The lowest BCUT2D eigenvalue weighted by molar-refractivity contribution is 0.0957. The van der Waals surface area contributed by atoms with E-state index >= 15 is 0 Å². The maximum atomic E-state index is 11.4. The summed E-state index contributed by atoms with van der Waals surface area (Å²) in [5.41, 5.74) is 0.962. The van der Waals surface area contributed by atoms with Crippen molar-refractivity contribution >= 4 is 5.91 Å². The Morgan fingerprint density at radius 2 is 2.28 bits per heavy atom. The summed E-state index contributed by atoms with van der Waals surface area (Å²) in [5, 5.41) is 16.3. The zero-order chi connectivity index (χ0) is 13.1. The van der Waals surface area contributed by atoms with E-state index in [0.717, 1.165) is 0 Å². The normalized spacial score (nSPS) is 12.2. The smallest absolute Gasteiger partial charge is 0.271 e. The predicted molar refractivity (Wildman–Crippen MR) is 65.4 cm³/mol. The van der Waals surface area contributed by atoms with Crippen LogP contribution in [0.2, 0.25) is 0 Å². The van der Waals surface area contributed by atoms with Crippen molar-refractivity contribution in [2.75, 3.05) is 7.05 Å². The molecule has 0 bridgehead atoms. The summed E-state index contributed by atoms with van der Waals surface area (Å²) in [7, 11) is 1.54. The van der Waals surface area contributed by atoms with Crippen LogP contribution in [-0.4, -0.2) is 32.8 Å². The Morgan fingerprint density at radius 1 is 1.50 bits per heavy atom. The molecule has 0 aliphatic carbocycles. The number of carbonyl (C=O) groups is 1. The first-order chi connectivity index (χ1) is 8.63. The summed E-state index contributed by atoms with van der Waals surface area (Å²) >= 11 is 0. The molecule has 2 rings (SSSR count). The van der Waals surface area contributed by atoms with Crippen LogP contribution in [-0.2, 0) is 0 Å². The number of aromatic nitrogens is 3. The number of hydrogen-bond donors (Lipinski definition) is 2. The summed E-state index contributed by atoms with van der Waals surface area (Å²) in [4.78, 5) is 15.6. The Kier molecular flexibility index (Phi) is 3.38. The van der Waals surface area contributed by atoms with Gasteiger partial charge >= 0.3 is 0 Å². The van der Waals surface area contributed by atoms with E-state index in [4.69, 9.17) is 0 Å². The van der Waals surface area contributed by atoms with Crippen molar-refractivity contribution in [1.82, 2.24) is 20.1 Å². The van der Waals surface area contributed by atoms with E-state index in [9.17, 15) is 9.90 Å². The highest BCUT2D eigenvalue weighted by Gasteiger charge is 2.13. The van der Waals surface area contributed by atoms with Crippen LogP contribution in [0.15, 0.2) is 30.6 Å². The van der Waals surface area contributed by atoms with Crippen LogP contribution < -0.4 is 5.32 Å². The molecule has 6 heteroatoms. The third-order valence-corrected chi connectivity index (χ3v) is 2.53. The van der Waals surface area contributed by atoms with Crippen molar-refractivity contribution in [3.8, 4) is 5.82 Å². The monoisotopic (exact) mass is 246 g/mol. The highest BCUT2D eigenvalue weighted by atomic mass is 16.3. The Bertz CT molecular complexity index is 563. The van der Waals surface area contributed by atoms with Crippen LogP contribution in [0.5, 0.6) is 0 Å². The average molecular weight is 246 g/mol. The van der Waals surface area contributed by atoms with Gasteiger partial charge in [-0.3, -0.25) is 4.79 Å². The Morgan fingerprint density at radius 3 is 2.94 bits per heavy atom. The van der Waals surface area contributed by atoms with Gasteiger partial charge in [0, 0.05) is 25.0 Å². The lowest BCUT2D eigenvalue weighted by Gasteiger charge is -2.10. The fourth-order valence-corrected chi connectivity index (χ4v) is 1.62. The van der Waals surface area contributed by atoms with Gasteiger partial charge < -0.3 is 10.4 Å². The van der Waals surface area contributed by atoms with E-state index in [-0.39, 0.29) is 5.91 Å². The molecule has 0 saturated heterocycles. The molecule has 2 N–H and O–H groups in total. The van der Waals surface area contributed by atoms with Crippen molar-refractivity contribution in [1.29, 1.82) is 0 Å². The van der Waals surface area contributed by atoms with Gasteiger partial charge in [-0.25, -0.2) is 9.67 Å². The molecule has 0 fully saturated rings. The number of carbonyl (C=O) groups excluding carboxylic acids is 1. The van der Waals surface area contributed by atoms with Crippen molar-refractivity contribution in [2.45, 2.75) is 13.0 Å². The van der Waals surface area contributed by atoms with Crippen LogP contribution in [0.3, 0.4) is 0 Å². The standard InChI is InChI=1S/C12H14N4O2/c1-8(17)9-4-3-6-14-11(9)16-7-5-10(15-16)12(18)13-2/h3-8,17H,1-2H3,(H,13,18). The van der Waals surface area contributed by atoms with Crippen molar-refractivity contribution < 1.29 is 9.90 Å². The number of hydrogen-bond acceptors (Lipinski definition) is 4. The number of nitrogens with one attached hydrogen (secondary N) is 1. The lowest BCUT2D eigenvalue weighted by atomic mass is 10.1. The van der Waals surface area contributed by atoms with Gasteiger partial charge in [0.2, 0.25) is 0 Å². The number of aliphatic hydroxyl groups excluding tert-OH is 1. The summed E-state index contributed by atoms with van der Waals surface area (Å²) in [6.45, 7) is 1.66. The van der Waals surface area contributed by atoms with Gasteiger partial charge in [-0.05, 0) is 19.1 Å². The van der Waals surface area contributed by atoms with Gasteiger partial charge in [0.25, 0.3) is 5.91 Å². The molecule has 0 aliphatic rings. The van der Waals surface area contributed by atoms with Crippen LogP contribution in [0.1, 0.15) is 29.1 Å². The first-order valence-electron chi connectivity index (χ1n) is 5.54. The van der Waals surface area contributed by atoms with Gasteiger partial charge in [0.1, 0.15) is 0 Å². The molecule has 2 aromatic heterocycles. The molecule has 6 nitrogen and oxygen atoms in total. The summed E-state index contributed by atoms with van der Waals surface area (Å²) in [5.74, 6) is 0.255. The van der Waals surface area contributed by atoms with Crippen LogP contribution in [0, 0.1) is 0 Å². The first-order valence-corrected chi connectivity index (χ1v) is 5.54. The minimum atomic E-state index is -0.652. The molecule has 0 saturated carbocycles. The molecule has 2 aromatic rings. The second-order valence-electron chi connectivity index (χ2n) is 3.82. The fourth-order valence-electron chi connectivity index (χ4n) is 1.62. The Labute approximate surface area is 104 Å². The van der Waals surface area contributed by atoms with Crippen LogP contribution in [0.25, 0.3) is 5.82 Å². The maximum Gasteiger partial charge on any atom is 0.271 e. The van der Waals surface area contributed by atoms with Crippen molar-refractivity contribution in [3.63, 3.8) is 0 Å². The molecular formula is C12H14N4O2. The van der Waals surface area contributed by atoms with Gasteiger partial charge in [-0.15, -0.1) is 0 Å². The Hall–Kier alpha value is -2.21. The van der Waals surface area contributed by atoms with Gasteiger partial charge in [-0.2, -0.15) is 5.10 Å². The van der Waals surface area contributed by atoms with E-state index < -0.39 is 6.10 Å². The third kappa shape index (κ3) is 2.23. The van der Waals surface area contributed by atoms with Gasteiger partial charge in [0.15, 0.2) is 11.5 Å². The molecule has 94 valence electrons. The van der Waals surface area contributed by atoms with Crippen LogP contribution in [0.4, 0.5) is 0 Å². The molecule has 0 aromatic carbocycles. The zero-order valence-corrected chi connectivity index (χ0v) is 10.2. The summed E-state index contributed by atoms with van der Waals surface area (Å²) in [6, 6.07) is 5.11. The molecule has 0 aliphatic heterocycles. The highest BCUT2D eigenvalue weighted by molar-refractivity contribution is 5.91. The third-order valence-electron chi connectivity index (χ3n) is 2.53. The largest absolute Gasteiger partial charge is 0.389 e. The minimum absolute atomic E-state index is 0.261. The zero-order valence-electron chi connectivity index (χ0n) is 10.2. The summed E-state index contributed by atoms with van der Waals surface area (Å²) in [6.07, 6.45) is 2.60.